The molecule has 1 aliphatic carbocycles. The lowest BCUT2D eigenvalue weighted by atomic mass is 10.0. The molecule has 0 fully saturated rings. The number of carbonyl (C=O) groups is 1. The van der Waals surface area contributed by atoms with Gasteiger partial charge in [-0.1, -0.05) is 6.07 Å². The van der Waals surface area contributed by atoms with Gasteiger partial charge in [-0.25, -0.2) is 4.39 Å². The third kappa shape index (κ3) is 2.40. The van der Waals surface area contributed by atoms with Gasteiger partial charge in [0.2, 0.25) is 0 Å². The van der Waals surface area contributed by atoms with Crippen LogP contribution < -0.4 is 0 Å². The van der Waals surface area contributed by atoms with Gasteiger partial charge in [-0.05, 0) is 65.1 Å². The van der Waals surface area contributed by atoms with Gasteiger partial charge in [-0.3, -0.25) is 4.79 Å². The molecular weight excluding hydrogens is 271 g/mol. The SMILES string of the molecule is CC1=C(CC(=O)O)c2cc(F)ccc2C1=Cc1ccco1. The first-order valence-electron chi connectivity index (χ1n) is 6.53. The van der Waals surface area contributed by atoms with E-state index >= 15 is 0 Å². The van der Waals surface area contributed by atoms with Gasteiger partial charge in [0.15, 0.2) is 0 Å². The van der Waals surface area contributed by atoms with E-state index in [2.05, 4.69) is 0 Å². The fourth-order valence-corrected chi connectivity index (χ4v) is 2.65. The summed E-state index contributed by atoms with van der Waals surface area (Å²) in [6.45, 7) is 1.85. The first-order valence-corrected chi connectivity index (χ1v) is 6.53. The molecule has 0 saturated heterocycles. The van der Waals surface area contributed by atoms with Crippen LogP contribution in [0.25, 0.3) is 17.2 Å². The summed E-state index contributed by atoms with van der Waals surface area (Å²) in [6.07, 6.45) is 3.29. The number of rotatable bonds is 3. The largest absolute Gasteiger partial charge is 0.481 e. The quantitative estimate of drug-likeness (QED) is 0.918. The van der Waals surface area contributed by atoms with Gasteiger partial charge >= 0.3 is 5.97 Å². The maximum atomic E-state index is 13.5. The maximum absolute atomic E-state index is 13.5. The number of halogens is 1. The molecule has 2 aromatic rings. The van der Waals surface area contributed by atoms with Gasteiger partial charge < -0.3 is 9.52 Å². The summed E-state index contributed by atoms with van der Waals surface area (Å²) < 4.78 is 18.8. The zero-order chi connectivity index (χ0) is 15.0. The molecule has 0 aliphatic heterocycles. The Labute approximate surface area is 121 Å². The van der Waals surface area contributed by atoms with Crippen LogP contribution in [0.2, 0.25) is 0 Å². The predicted molar refractivity (Wildman–Crippen MR) is 77.8 cm³/mol. The molecule has 0 bridgehead atoms. The average Bonchev–Trinajstić information content (AvgIpc) is 3.01. The molecule has 21 heavy (non-hydrogen) atoms. The van der Waals surface area contributed by atoms with E-state index in [-0.39, 0.29) is 12.2 Å². The molecule has 1 aromatic carbocycles. The molecule has 1 N–H and O–H groups in total. The van der Waals surface area contributed by atoms with Gasteiger partial charge in [0.1, 0.15) is 11.6 Å². The van der Waals surface area contributed by atoms with Crippen molar-refractivity contribution in [3.8, 4) is 0 Å². The molecule has 1 heterocycles. The Bertz CT molecular complexity index is 767. The standard InChI is InChI=1S/C17H13FO3/c1-10-14(8-12-3-2-6-21-12)13-5-4-11(18)7-16(13)15(10)9-17(19)20/h2-8H,9H2,1H3,(H,19,20). The van der Waals surface area contributed by atoms with Crippen molar-refractivity contribution >= 4 is 23.2 Å². The predicted octanol–water partition coefficient (Wildman–Crippen LogP) is 4.22. The molecule has 0 atom stereocenters. The van der Waals surface area contributed by atoms with E-state index in [1.54, 1.807) is 18.4 Å². The Morgan fingerprint density at radius 2 is 2.14 bits per heavy atom. The summed E-state index contributed by atoms with van der Waals surface area (Å²) in [6, 6.07) is 8.05. The van der Waals surface area contributed by atoms with Crippen molar-refractivity contribution in [3.63, 3.8) is 0 Å². The highest BCUT2D eigenvalue weighted by Gasteiger charge is 2.25. The van der Waals surface area contributed by atoms with Crippen LogP contribution in [0.4, 0.5) is 4.39 Å². The normalized spacial score (nSPS) is 15.6. The van der Waals surface area contributed by atoms with Gasteiger partial charge in [0.05, 0.1) is 12.7 Å². The molecule has 1 aliphatic rings. The average molecular weight is 284 g/mol. The minimum atomic E-state index is -0.932. The topological polar surface area (TPSA) is 50.4 Å². The third-order valence-corrected chi connectivity index (χ3v) is 3.61. The molecule has 0 saturated carbocycles. The van der Waals surface area contributed by atoms with Crippen LogP contribution in [-0.2, 0) is 4.79 Å². The first-order chi connectivity index (χ1) is 10.1. The summed E-state index contributed by atoms with van der Waals surface area (Å²) in [4.78, 5) is 11.1. The zero-order valence-corrected chi connectivity index (χ0v) is 11.4. The second-order valence-corrected chi connectivity index (χ2v) is 4.94. The maximum Gasteiger partial charge on any atom is 0.307 e. The number of carboxylic acid groups (broad SMARTS) is 1. The molecule has 106 valence electrons. The first kappa shape index (κ1) is 13.4. The van der Waals surface area contributed by atoms with Gasteiger partial charge in [0.25, 0.3) is 0 Å². The van der Waals surface area contributed by atoms with Crippen LogP contribution in [0.15, 0.2) is 46.6 Å². The molecule has 0 amide bonds. The van der Waals surface area contributed by atoms with Crippen molar-refractivity contribution in [2.45, 2.75) is 13.3 Å². The van der Waals surface area contributed by atoms with E-state index in [0.29, 0.717) is 16.9 Å². The van der Waals surface area contributed by atoms with Crippen molar-refractivity contribution in [1.82, 2.24) is 0 Å². The number of allylic oxidation sites excluding steroid dienone is 2. The molecule has 4 heteroatoms. The van der Waals surface area contributed by atoms with E-state index in [0.717, 1.165) is 16.7 Å². The van der Waals surface area contributed by atoms with Crippen LogP contribution in [-0.4, -0.2) is 11.1 Å². The lowest BCUT2D eigenvalue weighted by Crippen LogP contribution is -1.97. The zero-order valence-electron chi connectivity index (χ0n) is 11.4. The van der Waals surface area contributed by atoms with Crippen molar-refractivity contribution in [2.24, 2.45) is 0 Å². The van der Waals surface area contributed by atoms with Gasteiger partial charge in [-0.15, -0.1) is 0 Å². The number of hydrogen-bond donors (Lipinski definition) is 1. The van der Waals surface area contributed by atoms with Crippen molar-refractivity contribution < 1.29 is 18.7 Å². The van der Waals surface area contributed by atoms with Crippen LogP contribution in [0.1, 0.15) is 30.2 Å². The molecule has 1 aromatic heterocycles. The number of hydrogen-bond acceptors (Lipinski definition) is 2. The Morgan fingerprint density at radius 3 is 2.81 bits per heavy atom. The molecule has 0 unspecified atom stereocenters. The number of aliphatic carboxylic acids is 1. The van der Waals surface area contributed by atoms with E-state index in [1.165, 1.54) is 12.1 Å². The van der Waals surface area contributed by atoms with Crippen molar-refractivity contribution in [2.75, 3.05) is 0 Å². The Hall–Kier alpha value is -2.62. The Kier molecular flexibility index (Phi) is 3.22. The van der Waals surface area contributed by atoms with Crippen molar-refractivity contribution in [1.29, 1.82) is 0 Å². The molecule has 0 radical (unpaired) electrons. The number of furan rings is 1. The highest BCUT2D eigenvalue weighted by atomic mass is 19.1. The second kappa shape index (κ2) is 5.05. The van der Waals surface area contributed by atoms with E-state index in [1.807, 2.05) is 19.1 Å². The molecule has 3 rings (SSSR count). The lowest BCUT2D eigenvalue weighted by molar-refractivity contribution is -0.135. The smallest absolute Gasteiger partial charge is 0.307 e. The molecule has 0 spiro atoms. The van der Waals surface area contributed by atoms with Crippen LogP contribution in [0.3, 0.4) is 0 Å². The Balaban J connectivity index is 2.18. The Morgan fingerprint density at radius 1 is 1.33 bits per heavy atom. The van der Waals surface area contributed by atoms with Crippen LogP contribution in [0.5, 0.6) is 0 Å². The number of benzene rings is 1. The van der Waals surface area contributed by atoms with Crippen LogP contribution in [0, 0.1) is 5.82 Å². The number of fused-ring (bicyclic) bond motifs is 1. The summed E-state index contributed by atoms with van der Waals surface area (Å²) in [5.74, 6) is -0.626. The van der Waals surface area contributed by atoms with E-state index in [4.69, 9.17) is 9.52 Å². The summed E-state index contributed by atoms with van der Waals surface area (Å²) in [5, 5.41) is 9.06. The highest BCUT2D eigenvalue weighted by Crippen LogP contribution is 2.43. The minimum Gasteiger partial charge on any atom is -0.481 e. The van der Waals surface area contributed by atoms with Crippen LogP contribution >= 0.6 is 0 Å². The second-order valence-electron chi connectivity index (χ2n) is 4.94. The minimum absolute atomic E-state index is 0.127. The van der Waals surface area contributed by atoms with E-state index < -0.39 is 5.97 Å². The summed E-state index contributed by atoms with van der Waals surface area (Å²) >= 11 is 0. The molecular formula is C17H13FO3. The fraction of sp³-hybridized carbons (Fsp3) is 0.118. The van der Waals surface area contributed by atoms with Gasteiger partial charge in [0, 0.05) is 0 Å². The summed E-state index contributed by atoms with van der Waals surface area (Å²) in [5.41, 5.74) is 3.84. The molecule has 3 nitrogen and oxygen atoms in total. The third-order valence-electron chi connectivity index (χ3n) is 3.61. The van der Waals surface area contributed by atoms with Gasteiger partial charge in [-0.2, -0.15) is 0 Å². The number of carboxylic acids is 1. The lowest BCUT2D eigenvalue weighted by Gasteiger charge is -2.03. The monoisotopic (exact) mass is 284 g/mol. The van der Waals surface area contributed by atoms with E-state index in [9.17, 15) is 9.18 Å². The summed E-state index contributed by atoms with van der Waals surface area (Å²) in [7, 11) is 0. The van der Waals surface area contributed by atoms with Crippen molar-refractivity contribution in [3.05, 3.63) is 64.9 Å². The fourth-order valence-electron chi connectivity index (χ4n) is 2.65. The highest BCUT2D eigenvalue weighted by molar-refractivity contribution is 6.07.